The Labute approximate surface area is 100.0 Å². The number of rotatable bonds is 2. The Kier molecular flexibility index (Phi) is 2.80. The number of carbonyl (C=O) groups excluding carboxylic acids is 1. The Balaban J connectivity index is 2.67. The van der Waals surface area contributed by atoms with Crippen LogP contribution in [0.5, 0.6) is 0 Å². The van der Waals surface area contributed by atoms with E-state index in [1.807, 2.05) is 0 Å². The summed E-state index contributed by atoms with van der Waals surface area (Å²) in [5.74, 6) is -0.00356. The molecular weight excluding hydrogens is 279 g/mol. The van der Waals surface area contributed by atoms with Gasteiger partial charge in [-0.2, -0.15) is 0 Å². The summed E-state index contributed by atoms with van der Waals surface area (Å²) < 4.78 is 0. The molecule has 1 atom stereocenters. The number of hydrogen-bond acceptors (Lipinski definition) is 2. The van der Waals surface area contributed by atoms with E-state index in [0.717, 1.165) is 0 Å². The molecule has 0 aliphatic rings. The molecule has 3 nitrogen and oxygen atoms in total. The Hall–Kier alpha value is -0.870. The van der Waals surface area contributed by atoms with Gasteiger partial charge in [-0.15, -0.1) is 0 Å². The zero-order valence-electron chi connectivity index (χ0n) is 7.92. The summed E-state index contributed by atoms with van der Waals surface area (Å²) in [7, 11) is 0. The van der Waals surface area contributed by atoms with Gasteiger partial charge in [-0.05, 0) is 13.0 Å². The van der Waals surface area contributed by atoms with Gasteiger partial charge < -0.3 is 4.98 Å². The predicted octanol–water partition coefficient (Wildman–Crippen LogP) is 3.18. The topological polar surface area (TPSA) is 45.8 Å². The zero-order chi connectivity index (χ0) is 11.0. The van der Waals surface area contributed by atoms with Gasteiger partial charge in [-0.3, -0.25) is 4.79 Å². The van der Waals surface area contributed by atoms with Crippen molar-refractivity contribution in [3.63, 3.8) is 0 Å². The van der Waals surface area contributed by atoms with E-state index in [9.17, 15) is 4.79 Å². The summed E-state index contributed by atoms with van der Waals surface area (Å²) in [4.78, 5) is 18.6. The monoisotopic (exact) mass is 286 g/mol. The van der Waals surface area contributed by atoms with Crippen molar-refractivity contribution in [1.82, 2.24) is 9.97 Å². The van der Waals surface area contributed by atoms with Gasteiger partial charge in [-0.25, -0.2) is 4.98 Å². The minimum absolute atomic E-state index is 0.00356. The lowest BCUT2D eigenvalue weighted by atomic mass is 10.1. The maximum Gasteiger partial charge on any atom is 0.178 e. The van der Waals surface area contributed by atoms with Gasteiger partial charge in [-0.1, -0.05) is 27.5 Å². The van der Waals surface area contributed by atoms with Gasteiger partial charge >= 0.3 is 0 Å². The van der Waals surface area contributed by atoms with E-state index in [4.69, 9.17) is 11.6 Å². The molecule has 2 aromatic heterocycles. The first kappa shape index (κ1) is 10.6. The molecule has 5 heteroatoms. The summed E-state index contributed by atoms with van der Waals surface area (Å²) in [5, 5.41) is 1.23. The van der Waals surface area contributed by atoms with E-state index >= 15 is 0 Å². The van der Waals surface area contributed by atoms with Gasteiger partial charge in [0.1, 0.15) is 5.65 Å². The average Bonchev–Trinajstić information content (AvgIpc) is 2.61. The van der Waals surface area contributed by atoms with Gasteiger partial charge in [0, 0.05) is 23.3 Å². The molecule has 2 heterocycles. The van der Waals surface area contributed by atoms with E-state index in [-0.39, 0.29) is 10.6 Å². The van der Waals surface area contributed by atoms with Gasteiger partial charge in [0.05, 0.1) is 9.85 Å². The second kappa shape index (κ2) is 3.94. The normalized spacial score (nSPS) is 13.0. The Morgan fingerprint density at radius 3 is 3.07 bits per heavy atom. The van der Waals surface area contributed by atoms with Crippen LogP contribution >= 0.6 is 27.5 Å². The number of hydrogen-bond donors (Lipinski definition) is 1. The number of H-pyrrole nitrogens is 1. The standard InChI is InChI=1S/C10H8BrClN2O/c1-5(11)9(15)6-4-14-10-8(6)7(12)2-3-13-10/h2-5H,1H3,(H,13,14). The maximum atomic E-state index is 11.8. The molecule has 2 rings (SSSR count). The molecule has 0 aliphatic heterocycles. The molecule has 0 bridgehead atoms. The van der Waals surface area contributed by atoms with Crippen LogP contribution in [-0.4, -0.2) is 20.6 Å². The second-order valence-corrected chi connectivity index (χ2v) is 4.98. The molecule has 0 amide bonds. The number of nitrogens with zero attached hydrogens (tertiary/aromatic N) is 1. The predicted molar refractivity (Wildman–Crippen MR) is 63.8 cm³/mol. The Bertz CT molecular complexity index is 521. The molecule has 0 fully saturated rings. The fourth-order valence-corrected chi connectivity index (χ4v) is 1.92. The molecule has 0 saturated heterocycles. The van der Waals surface area contributed by atoms with Gasteiger partial charge in [0.25, 0.3) is 0 Å². The Morgan fingerprint density at radius 1 is 1.67 bits per heavy atom. The minimum atomic E-state index is -0.229. The lowest BCUT2D eigenvalue weighted by Gasteiger charge is -2.01. The first-order valence-electron chi connectivity index (χ1n) is 4.41. The number of carbonyl (C=O) groups is 1. The number of fused-ring (bicyclic) bond motifs is 1. The molecule has 0 radical (unpaired) electrons. The molecule has 1 unspecified atom stereocenters. The molecule has 1 N–H and O–H groups in total. The van der Waals surface area contributed by atoms with Crippen LogP contribution in [0.25, 0.3) is 11.0 Å². The molecule has 15 heavy (non-hydrogen) atoms. The summed E-state index contributed by atoms with van der Waals surface area (Å²) >= 11 is 9.27. The summed E-state index contributed by atoms with van der Waals surface area (Å²) in [5.41, 5.74) is 1.21. The van der Waals surface area contributed by atoms with Crippen molar-refractivity contribution >= 4 is 44.3 Å². The van der Waals surface area contributed by atoms with E-state index in [1.165, 1.54) is 0 Å². The van der Waals surface area contributed by atoms with Crippen molar-refractivity contribution < 1.29 is 4.79 Å². The highest BCUT2D eigenvalue weighted by molar-refractivity contribution is 9.10. The minimum Gasteiger partial charge on any atom is -0.345 e. The molecule has 0 spiro atoms. The van der Waals surface area contributed by atoms with E-state index < -0.39 is 0 Å². The summed E-state index contributed by atoms with van der Waals surface area (Å²) in [6.45, 7) is 1.78. The van der Waals surface area contributed by atoms with Crippen molar-refractivity contribution in [2.45, 2.75) is 11.8 Å². The SMILES string of the molecule is CC(Br)C(=O)c1c[nH]c2nccc(Cl)c12. The highest BCUT2D eigenvalue weighted by Gasteiger charge is 2.18. The number of ketones is 1. The lowest BCUT2D eigenvalue weighted by Crippen LogP contribution is -2.09. The van der Waals surface area contributed by atoms with Crippen molar-refractivity contribution in [2.75, 3.05) is 0 Å². The lowest BCUT2D eigenvalue weighted by molar-refractivity contribution is 0.0997. The highest BCUT2D eigenvalue weighted by Crippen LogP contribution is 2.26. The Morgan fingerprint density at radius 2 is 2.40 bits per heavy atom. The average molecular weight is 288 g/mol. The maximum absolute atomic E-state index is 11.8. The zero-order valence-corrected chi connectivity index (χ0v) is 10.3. The number of nitrogens with one attached hydrogen (secondary N) is 1. The van der Waals surface area contributed by atoms with Gasteiger partial charge in [0.15, 0.2) is 5.78 Å². The van der Waals surface area contributed by atoms with E-state index in [2.05, 4.69) is 25.9 Å². The first-order chi connectivity index (χ1) is 7.11. The van der Waals surface area contributed by atoms with Gasteiger partial charge in [0.2, 0.25) is 0 Å². The quantitative estimate of drug-likeness (QED) is 0.681. The van der Waals surface area contributed by atoms with Crippen LogP contribution in [0, 0.1) is 0 Å². The van der Waals surface area contributed by atoms with Crippen LogP contribution in [-0.2, 0) is 0 Å². The highest BCUT2D eigenvalue weighted by atomic mass is 79.9. The van der Waals surface area contributed by atoms with E-state index in [1.54, 1.807) is 25.4 Å². The number of aromatic nitrogens is 2. The fourth-order valence-electron chi connectivity index (χ4n) is 1.43. The fraction of sp³-hybridized carbons (Fsp3) is 0.200. The summed E-state index contributed by atoms with van der Waals surface area (Å²) in [6.07, 6.45) is 3.25. The van der Waals surface area contributed by atoms with Crippen LogP contribution in [0.1, 0.15) is 17.3 Å². The van der Waals surface area contributed by atoms with Crippen molar-refractivity contribution in [1.29, 1.82) is 0 Å². The smallest absolute Gasteiger partial charge is 0.178 e. The molecule has 78 valence electrons. The molecule has 0 saturated carbocycles. The van der Waals surface area contributed by atoms with Crippen LogP contribution in [0.4, 0.5) is 0 Å². The molecule has 0 aliphatic carbocycles. The van der Waals surface area contributed by atoms with Crippen LogP contribution < -0.4 is 0 Å². The molecule has 2 aromatic rings. The van der Waals surface area contributed by atoms with Crippen molar-refractivity contribution in [3.8, 4) is 0 Å². The van der Waals surface area contributed by atoms with E-state index in [0.29, 0.717) is 21.6 Å². The number of halogens is 2. The third-order valence-electron chi connectivity index (χ3n) is 2.15. The third-order valence-corrected chi connectivity index (χ3v) is 2.88. The van der Waals surface area contributed by atoms with Crippen LogP contribution in [0.3, 0.4) is 0 Å². The third kappa shape index (κ3) is 1.79. The van der Waals surface area contributed by atoms with Crippen molar-refractivity contribution in [3.05, 3.63) is 29.0 Å². The number of Topliss-reactive ketones (excluding diaryl/α,β-unsaturated/α-hetero) is 1. The number of alkyl halides is 1. The van der Waals surface area contributed by atoms with Crippen LogP contribution in [0.15, 0.2) is 18.5 Å². The molecule has 0 aromatic carbocycles. The van der Waals surface area contributed by atoms with Crippen LogP contribution in [0.2, 0.25) is 5.02 Å². The molecular formula is C10H8BrClN2O. The second-order valence-electron chi connectivity index (χ2n) is 3.20. The first-order valence-corrected chi connectivity index (χ1v) is 5.70. The largest absolute Gasteiger partial charge is 0.345 e. The summed E-state index contributed by atoms with van der Waals surface area (Å²) in [6, 6.07) is 1.67. The number of pyridine rings is 1. The number of aromatic amines is 1. The van der Waals surface area contributed by atoms with Crippen molar-refractivity contribution in [2.24, 2.45) is 0 Å².